The van der Waals surface area contributed by atoms with Gasteiger partial charge in [-0.3, -0.25) is 4.72 Å². The molecular weight excluding hydrogens is 350 g/mol. The van der Waals surface area contributed by atoms with Gasteiger partial charge in [-0.15, -0.1) is 0 Å². The van der Waals surface area contributed by atoms with Gasteiger partial charge >= 0.3 is 0 Å². The highest BCUT2D eigenvalue weighted by atomic mass is 79.9. The molecule has 3 nitrogen and oxygen atoms in total. The highest BCUT2D eigenvalue weighted by molar-refractivity contribution is 9.10. The van der Waals surface area contributed by atoms with Crippen LogP contribution in [0.4, 0.5) is 5.69 Å². The SMILES string of the molecule is CCc1ccc(S(=O)(=O)Nc2c(C)cc(Br)cc2C)cc1. The lowest BCUT2D eigenvalue weighted by molar-refractivity contribution is 0.601. The second-order valence-electron chi connectivity index (χ2n) is 5.02. The van der Waals surface area contributed by atoms with Crippen LogP contribution in [0.2, 0.25) is 0 Å². The van der Waals surface area contributed by atoms with Crippen LogP contribution in [0.3, 0.4) is 0 Å². The number of sulfonamides is 1. The molecule has 0 amide bonds. The maximum Gasteiger partial charge on any atom is 0.261 e. The van der Waals surface area contributed by atoms with Gasteiger partial charge in [-0.2, -0.15) is 0 Å². The molecule has 0 bridgehead atoms. The van der Waals surface area contributed by atoms with Gasteiger partial charge in [0.15, 0.2) is 0 Å². The Kier molecular flexibility index (Phi) is 4.74. The van der Waals surface area contributed by atoms with Gasteiger partial charge in [-0.1, -0.05) is 35.0 Å². The monoisotopic (exact) mass is 367 g/mol. The van der Waals surface area contributed by atoms with Crippen molar-refractivity contribution in [2.75, 3.05) is 4.72 Å². The summed E-state index contributed by atoms with van der Waals surface area (Å²) in [5.41, 5.74) is 3.52. The van der Waals surface area contributed by atoms with Crippen LogP contribution in [0.5, 0.6) is 0 Å². The standard InChI is InChI=1S/C16H18BrNO2S/c1-4-13-5-7-15(8-6-13)21(19,20)18-16-11(2)9-14(17)10-12(16)3/h5-10,18H,4H2,1-3H3. The number of hydrogen-bond acceptors (Lipinski definition) is 2. The van der Waals surface area contributed by atoms with Crippen LogP contribution in [0.1, 0.15) is 23.6 Å². The second-order valence-corrected chi connectivity index (χ2v) is 7.62. The summed E-state index contributed by atoms with van der Waals surface area (Å²) in [6, 6.07) is 10.8. The Hall–Kier alpha value is -1.33. The van der Waals surface area contributed by atoms with E-state index in [1.165, 1.54) is 0 Å². The highest BCUT2D eigenvalue weighted by Gasteiger charge is 2.16. The highest BCUT2D eigenvalue weighted by Crippen LogP contribution is 2.27. The first-order valence-corrected chi connectivity index (χ1v) is 8.99. The fourth-order valence-electron chi connectivity index (χ4n) is 2.17. The van der Waals surface area contributed by atoms with E-state index in [4.69, 9.17) is 0 Å². The van der Waals surface area contributed by atoms with E-state index in [0.29, 0.717) is 5.69 Å². The van der Waals surface area contributed by atoms with E-state index in [2.05, 4.69) is 20.7 Å². The predicted molar refractivity (Wildman–Crippen MR) is 90.2 cm³/mol. The van der Waals surface area contributed by atoms with Crippen LogP contribution in [-0.4, -0.2) is 8.42 Å². The van der Waals surface area contributed by atoms with Crippen molar-refractivity contribution in [2.24, 2.45) is 0 Å². The van der Waals surface area contributed by atoms with Crippen molar-refractivity contribution >= 4 is 31.6 Å². The van der Waals surface area contributed by atoms with Crippen LogP contribution < -0.4 is 4.72 Å². The van der Waals surface area contributed by atoms with Crippen molar-refractivity contribution in [1.82, 2.24) is 0 Å². The Bertz CT molecular complexity index is 729. The number of nitrogens with one attached hydrogen (secondary N) is 1. The molecule has 0 spiro atoms. The van der Waals surface area contributed by atoms with E-state index in [-0.39, 0.29) is 4.90 Å². The number of anilines is 1. The second kappa shape index (κ2) is 6.20. The Morgan fingerprint density at radius 3 is 2.05 bits per heavy atom. The molecule has 0 atom stereocenters. The van der Waals surface area contributed by atoms with Crippen molar-refractivity contribution in [1.29, 1.82) is 0 Å². The number of halogens is 1. The van der Waals surface area contributed by atoms with Crippen LogP contribution in [0.15, 0.2) is 45.8 Å². The van der Waals surface area contributed by atoms with Crippen molar-refractivity contribution in [3.8, 4) is 0 Å². The molecule has 2 rings (SSSR count). The lowest BCUT2D eigenvalue weighted by atomic mass is 10.1. The van der Waals surface area contributed by atoms with Gasteiger partial charge in [0.1, 0.15) is 0 Å². The molecule has 0 aliphatic carbocycles. The number of benzene rings is 2. The van der Waals surface area contributed by atoms with Crippen molar-refractivity contribution < 1.29 is 8.42 Å². The third-order valence-electron chi connectivity index (χ3n) is 3.38. The van der Waals surface area contributed by atoms with E-state index in [9.17, 15) is 8.42 Å². The summed E-state index contributed by atoms with van der Waals surface area (Å²) in [7, 11) is -3.56. The minimum atomic E-state index is -3.56. The molecule has 0 aliphatic rings. The molecule has 21 heavy (non-hydrogen) atoms. The van der Waals surface area contributed by atoms with E-state index in [1.807, 2.05) is 45.0 Å². The molecule has 0 heterocycles. The minimum absolute atomic E-state index is 0.279. The maximum atomic E-state index is 12.5. The third kappa shape index (κ3) is 3.66. The third-order valence-corrected chi connectivity index (χ3v) is 5.20. The summed E-state index contributed by atoms with van der Waals surface area (Å²) in [5.74, 6) is 0. The first kappa shape index (κ1) is 16.0. The fourth-order valence-corrected chi connectivity index (χ4v) is 4.06. The Morgan fingerprint density at radius 2 is 1.57 bits per heavy atom. The van der Waals surface area contributed by atoms with Gasteiger partial charge in [-0.25, -0.2) is 8.42 Å². The first-order chi connectivity index (χ1) is 9.83. The normalized spacial score (nSPS) is 11.4. The van der Waals surface area contributed by atoms with Crippen molar-refractivity contribution in [3.63, 3.8) is 0 Å². The van der Waals surface area contributed by atoms with Crippen LogP contribution in [0.25, 0.3) is 0 Å². The Morgan fingerprint density at radius 1 is 1.05 bits per heavy atom. The van der Waals surface area contributed by atoms with Gasteiger partial charge in [0.05, 0.1) is 10.6 Å². The summed E-state index contributed by atoms with van der Waals surface area (Å²) >= 11 is 3.41. The molecule has 0 saturated carbocycles. The van der Waals surface area contributed by atoms with Gasteiger partial charge in [0.25, 0.3) is 10.0 Å². The zero-order valence-electron chi connectivity index (χ0n) is 12.3. The van der Waals surface area contributed by atoms with Crippen LogP contribution >= 0.6 is 15.9 Å². The van der Waals surface area contributed by atoms with Crippen LogP contribution in [-0.2, 0) is 16.4 Å². The quantitative estimate of drug-likeness (QED) is 0.868. The summed E-state index contributed by atoms with van der Waals surface area (Å²) in [5, 5.41) is 0. The molecule has 0 radical (unpaired) electrons. The molecule has 0 aromatic heterocycles. The van der Waals surface area contributed by atoms with Crippen molar-refractivity contribution in [2.45, 2.75) is 32.1 Å². The fraction of sp³-hybridized carbons (Fsp3) is 0.250. The van der Waals surface area contributed by atoms with Crippen molar-refractivity contribution in [3.05, 3.63) is 57.6 Å². The molecule has 1 N–H and O–H groups in total. The van der Waals surface area contributed by atoms with E-state index in [0.717, 1.165) is 27.6 Å². The number of hydrogen-bond donors (Lipinski definition) is 1. The molecule has 0 fully saturated rings. The maximum absolute atomic E-state index is 12.5. The lowest BCUT2D eigenvalue weighted by Gasteiger charge is -2.14. The zero-order valence-corrected chi connectivity index (χ0v) is 14.7. The molecule has 0 unspecified atom stereocenters. The number of rotatable bonds is 4. The van der Waals surface area contributed by atoms with Gasteiger partial charge < -0.3 is 0 Å². The molecule has 5 heteroatoms. The molecule has 0 aliphatic heterocycles. The lowest BCUT2D eigenvalue weighted by Crippen LogP contribution is -2.14. The molecule has 0 saturated heterocycles. The molecule has 112 valence electrons. The van der Waals surface area contributed by atoms with Gasteiger partial charge in [0.2, 0.25) is 0 Å². The Balaban J connectivity index is 2.37. The van der Waals surface area contributed by atoms with E-state index in [1.54, 1.807) is 12.1 Å². The molecule has 2 aromatic carbocycles. The topological polar surface area (TPSA) is 46.2 Å². The first-order valence-electron chi connectivity index (χ1n) is 6.72. The zero-order chi connectivity index (χ0) is 15.6. The van der Waals surface area contributed by atoms with Crippen LogP contribution in [0, 0.1) is 13.8 Å². The molecular formula is C16H18BrNO2S. The average Bonchev–Trinajstić information content (AvgIpc) is 2.43. The van der Waals surface area contributed by atoms with E-state index < -0.39 is 10.0 Å². The minimum Gasteiger partial charge on any atom is -0.279 e. The largest absolute Gasteiger partial charge is 0.279 e. The summed E-state index contributed by atoms with van der Waals surface area (Å²) in [6.45, 7) is 5.81. The summed E-state index contributed by atoms with van der Waals surface area (Å²) in [6.07, 6.45) is 0.888. The number of aryl methyl sites for hydroxylation is 3. The van der Waals surface area contributed by atoms with Gasteiger partial charge in [0, 0.05) is 4.47 Å². The van der Waals surface area contributed by atoms with Gasteiger partial charge in [-0.05, 0) is 61.2 Å². The average molecular weight is 368 g/mol. The smallest absolute Gasteiger partial charge is 0.261 e. The molecule has 2 aromatic rings. The summed E-state index contributed by atoms with van der Waals surface area (Å²) < 4.78 is 28.6. The summed E-state index contributed by atoms with van der Waals surface area (Å²) in [4.78, 5) is 0.279. The van der Waals surface area contributed by atoms with E-state index >= 15 is 0 Å². The predicted octanol–water partition coefficient (Wildman–Crippen LogP) is 4.43. The Labute approximate surface area is 134 Å².